The normalized spacial score (nSPS) is 12.6. The number of ether oxygens (including phenoxy) is 2. The van der Waals surface area contributed by atoms with Gasteiger partial charge in [0.2, 0.25) is 5.91 Å². The maximum Gasteiger partial charge on any atom is 0.261 e. The summed E-state index contributed by atoms with van der Waals surface area (Å²) in [4.78, 5) is 38.2. The first kappa shape index (κ1) is 27.2. The first-order valence-electron chi connectivity index (χ1n) is 13.0. The van der Waals surface area contributed by atoms with Gasteiger partial charge in [0, 0.05) is 19.5 Å². The van der Waals surface area contributed by atoms with Crippen LogP contribution in [0.5, 0.6) is 11.5 Å². The van der Waals surface area contributed by atoms with Gasteiger partial charge in [0.25, 0.3) is 11.8 Å². The van der Waals surface area contributed by atoms with Gasteiger partial charge in [-0.3, -0.25) is 19.3 Å². The van der Waals surface area contributed by atoms with Crippen molar-refractivity contribution in [1.29, 1.82) is 0 Å². The van der Waals surface area contributed by atoms with Crippen LogP contribution in [0.15, 0.2) is 42.5 Å². The first-order chi connectivity index (χ1) is 17.5. The van der Waals surface area contributed by atoms with E-state index in [0.717, 1.165) is 63.4 Å². The second-order valence-corrected chi connectivity index (χ2v) is 9.18. The lowest BCUT2D eigenvalue weighted by Crippen LogP contribution is -2.30. The Morgan fingerprint density at radius 3 is 1.97 bits per heavy atom. The summed E-state index contributed by atoms with van der Waals surface area (Å²) in [5.74, 6) is 1.17. The maximum atomic E-state index is 12.4. The van der Waals surface area contributed by atoms with Crippen LogP contribution in [0.2, 0.25) is 0 Å². The van der Waals surface area contributed by atoms with E-state index in [1.807, 2.05) is 18.2 Å². The van der Waals surface area contributed by atoms with E-state index in [9.17, 15) is 14.4 Å². The molecular formula is C29H38N2O5. The molecule has 0 aliphatic carbocycles. The van der Waals surface area contributed by atoms with E-state index in [2.05, 4.69) is 5.32 Å². The second kappa shape index (κ2) is 14.3. The molecule has 0 unspecified atom stereocenters. The Balaban J connectivity index is 1.16. The molecule has 7 heteroatoms. The number of rotatable bonds is 16. The number of hydrogen-bond donors (Lipinski definition) is 1. The van der Waals surface area contributed by atoms with E-state index < -0.39 is 0 Å². The fraction of sp³-hybridized carbons (Fsp3) is 0.483. The van der Waals surface area contributed by atoms with E-state index in [0.29, 0.717) is 42.1 Å². The molecule has 36 heavy (non-hydrogen) atoms. The number of carbonyl (C=O) groups excluding carboxylic acids is 3. The van der Waals surface area contributed by atoms with Gasteiger partial charge in [-0.05, 0) is 49.1 Å². The highest BCUT2D eigenvalue weighted by Gasteiger charge is 2.34. The smallest absolute Gasteiger partial charge is 0.261 e. The number of benzene rings is 2. The number of amides is 3. The average Bonchev–Trinajstić information content (AvgIpc) is 3.14. The van der Waals surface area contributed by atoms with E-state index in [1.54, 1.807) is 38.5 Å². The van der Waals surface area contributed by atoms with Crippen LogP contribution in [-0.4, -0.2) is 49.9 Å². The van der Waals surface area contributed by atoms with Crippen molar-refractivity contribution >= 4 is 17.7 Å². The lowest BCUT2D eigenvalue weighted by Gasteiger charge is -2.13. The van der Waals surface area contributed by atoms with Gasteiger partial charge in [0.05, 0.1) is 25.3 Å². The SMILES string of the molecule is COc1ccc(CCNC(=O)CCCCCCCCCCN2C(=O)c3ccccc3C2=O)cc1OC. The van der Waals surface area contributed by atoms with Gasteiger partial charge in [0.15, 0.2) is 11.5 Å². The number of carbonyl (C=O) groups is 3. The number of fused-ring (bicyclic) bond motifs is 1. The van der Waals surface area contributed by atoms with Crippen LogP contribution in [0.4, 0.5) is 0 Å². The summed E-state index contributed by atoms with van der Waals surface area (Å²) >= 11 is 0. The highest BCUT2D eigenvalue weighted by molar-refractivity contribution is 6.21. The molecule has 7 nitrogen and oxygen atoms in total. The Morgan fingerprint density at radius 1 is 0.778 bits per heavy atom. The quantitative estimate of drug-likeness (QED) is 0.257. The van der Waals surface area contributed by atoms with E-state index in [4.69, 9.17) is 9.47 Å². The topological polar surface area (TPSA) is 84.9 Å². The van der Waals surface area contributed by atoms with Gasteiger partial charge in [-0.1, -0.05) is 56.7 Å². The van der Waals surface area contributed by atoms with Crippen LogP contribution >= 0.6 is 0 Å². The molecule has 0 atom stereocenters. The molecule has 1 aliphatic heterocycles. The van der Waals surface area contributed by atoms with Crippen LogP contribution in [0.3, 0.4) is 0 Å². The number of methoxy groups -OCH3 is 2. The second-order valence-electron chi connectivity index (χ2n) is 9.18. The lowest BCUT2D eigenvalue weighted by atomic mass is 10.1. The molecule has 0 spiro atoms. The zero-order chi connectivity index (χ0) is 25.8. The minimum Gasteiger partial charge on any atom is -0.493 e. The fourth-order valence-electron chi connectivity index (χ4n) is 4.53. The predicted molar refractivity (Wildman–Crippen MR) is 140 cm³/mol. The number of hydrogen-bond acceptors (Lipinski definition) is 5. The Hall–Kier alpha value is -3.35. The fourth-order valence-corrected chi connectivity index (χ4v) is 4.53. The zero-order valence-corrected chi connectivity index (χ0v) is 21.5. The summed E-state index contributed by atoms with van der Waals surface area (Å²) < 4.78 is 10.6. The van der Waals surface area contributed by atoms with Crippen molar-refractivity contribution in [2.75, 3.05) is 27.3 Å². The van der Waals surface area contributed by atoms with E-state index in [-0.39, 0.29) is 17.7 Å². The molecule has 0 saturated heterocycles. The molecule has 3 rings (SSSR count). The largest absolute Gasteiger partial charge is 0.493 e. The van der Waals surface area contributed by atoms with Gasteiger partial charge in [-0.25, -0.2) is 0 Å². The first-order valence-corrected chi connectivity index (χ1v) is 13.0. The zero-order valence-electron chi connectivity index (χ0n) is 21.5. The molecular weight excluding hydrogens is 456 g/mol. The van der Waals surface area contributed by atoms with Crippen LogP contribution in [-0.2, 0) is 11.2 Å². The predicted octanol–water partition coefficient (Wildman–Crippen LogP) is 5.17. The van der Waals surface area contributed by atoms with Crippen LogP contribution < -0.4 is 14.8 Å². The third-order valence-electron chi connectivity index (χ3n) is 6.60. The monoisotopic (exact) mass is 494 g/mol. The molecule has 0 bridgehead atoms. The van der Waals surface area contributed by atoms with Gasteiger partial charge in [-0.2, -0.15) is 0 Å². The number of imide groups is 1. The molecule has 2 aromatic carbocycles. The minimum atomic E-state index is -0.166. The molecule has 0 radical (unpaired) electrons. The van der Waals surface area contributed by atoms with Crippen molar-refractivity contribution in [3.8, 4) is 11.5 Å². The number of nitrogens with one attached hydrogen (secondary N) is 1. The Bertz CT molecular complexity index is 1000. The number of nitrogens with zero attached hydrogens (tertiary/aromatic N) is 1. The third kappa shape index (κ3) is 7.57. The number of unbranched alkanes of at least 4 members (excludes halogenated alkanes) is 7. The lowest BCUT2D eigenvalue weighted by molar-refractivity contribution is -0.121. The molecule has 3 amide bonds. The average molecular weight is 495 g/mol. The highest BCUT2D eigenvalue weighted by Crippen LogP contribution is 2.27. The summed E-state index contributed by atoms with van der Waals surface area (Å²) in [6.07, 6.45) is 9.63. The van der Waals surface area contributed by atoms with Crippen molar-refractivity contribution in [3.05, 3.63) is 59.2 Å². The summed E-state index contributed by atoms with van der Waals surface area (Å²) in [7, 11) is 3.23. The summed E-state index contributed by atoms with van der Waals surface area (Å²) in [6.45, 7) is 1.10. The molecule has 0 fully saturated rings. The molecule has 0 saturated carbocycles. The van der Waals surface area contributed by atoms with Gasteiger partial charge < -0.3 is 14.8 Å². The molecule has 2 aromatic rings. The van der Waals surface area contributed by atoms with Crippen LogP contribution in [0.1, 0.15) is 84.1 Å². The highest BCUT2D eigenvalue weighted by atomic mass is 16.5. The van der Waals surface area contributed by atoms with Crippen molar-refractivity contribution in [2.24, 2.45) is 0 Å². The Morgan fingerprint density at radius 2 is 1.36 bits per heavy atom. The Kier molecular flexibility index (Phi) is 10.8. The van der Waals surface area contributed by atoms with Gasteiger partial charge in [0.1, 0.15) is 0 Å². The minimum absolute atomic E-state index is 0.101. The van der Waals surface area contributed by atoms with Gasteiger partial charge in [-0.15, -0.1) is 0 Å². The molecule has 1 N–H and O–H groups in total. The Labute approximate surface area is 214 Å². The van der Waals surface area contributed by atoms with Crippen molar-refractivity contribution < 1.29 is 23.9 Å². The van der Waals surface area contributed by atoms with Crippen molar-refractivity contribution in [1.82, 2.24) is 10.2 Å². The molecule has 0 aromatic heterocycles. The summed E-state index contributed by atoms with van der Waals surface area (Å²) in [5.41, 5.74) is 2.14. The molecule has 1 aliphatic rings. The third-order valence-corrected chi connectivity index (χ3v) is 6.60. The molecule has 194 valence electrons. The van der Waals surface area contributed by atoms with Crippen molar-refractivity contribution in [2.45, 2.75) is 64.2 Å². The van der Waals surface area contributed by atoms with Crippen LogP contribution in [0.25, 0.3) is 0 Å². The van der Waals surface area contributed by atoms with Crippen LogP contribution in [0, 0.1) is 0 Å². The van der Waals surface area contributed by atoms with E-state index in [1.165, 1.54) is 4.90 Å². The van der Waals surface area contributed by atoms with Gasteiger partial charge >= 0.3 is 0 Å². The van der Waals surface area contributed by atoms with Crippen molar-refractivity contribution in [3.63, 3.8) is 0 Å². The molecule has 1 heterocycles. The van der Waals surface area contributed by atoms with E-state index >= 15 is 0 Å². The standard InChI is InChI=1S/C29H38N2O5/c1-35-25-17-16-22(21-26(25)36-2)18-19-30-27(32)15-9-7-5-3-4-6-8-12-20-31-28(33)23-13-10-11-14-24(23)29(31)34/h10-11,13-14,16-17,21H,3-9,12,15,18-20H2,1-2H3,(H,30,32). The maximum absolute atomic E-state index is 12.4. The summed E-state index contributed by atoms with van der Waals surface area (Å²) in [6, 6.07) is 12.8. The summed E-state index contributed by atoms with van der Waals surface area (Å²) in [5, 5.41) is 2.99.